The quantitative estimate of drug-likeness (QED) is 0.389. The highest BCUT2D eigenvalue weighted by atomic mass is 35.5. The molecule has 1 atom stereocenters. The summed E-state index contributed by atoms with van der Waals surface area (Å²) in [5, 5.41) is 8.19. The normalized spacial score (nSPS) is 16.8. The van der Waals surface area contributed by atoms with Crippen LogP contribution in [0.25, 0.3) is 11.3 Å². The van der Waals surface area contributed by atoms with Crippen molar-refractivity contribution in [3.8, 4) is 22.8 Å². The van der Waals surface area contributed by atoms with Gasteiger partial charge in [0.05, 0.1) is 34.9 Å². The summed E-state index contributed by atoms with van der Waals surface area (Å²) in [4.78, 5) is 12.7. The van der Waals surface area contributed by atoms with Gasteiger partial charge in [0.25, 0.3) is 5.91 Å². The molecule has 8 nitrogen and oxygen atoms in total. The molecule has 3 aromatic rings. The number of ether oxygens (including phenoxy) is 2. The van der Waals surface area contributed by atoms with Gasteiger partial charge in [0, 0.05) is 16.7 Å². The molecule has 2 heterocycles. The van der Waals surface area contributed by atoms with Crippen LogP contribution < -0.4 is 14.8 Å². The fraction of sp³-hybridized carbons (Fsp3) is 0.360. The van der Waals surface area contributed by atoms with Crippen LogP contribution >= 0.6 is 23.2 Å². The monoisotopic (exact) mass is 551 g/mol. The van der Waals surface area contributed by atoms with Crippen molar-refractivity contribution >= 4 is 44.8 Å². The van der Waals surface area contributed by atoms with Crippen LogP contribution in [0.5, 0.6) is 11.5 Å². The SMILES string of the molecule is CC(C)COc1ccc(-c2cc(NC(=O)COc3ccc(Cl)cc3Cl)n([C@@H]3CCS(=O)(=O)C3)n2)cc1. The molecule has 1 N–H and O–H groups in total. The number of rotatable bonds is 9. The molecule has 1 aromatic heterocycles. The van der Waals surface area contributed by atoms with Gasteiger partial charge in [-0.1, -0.05) is 37.0 Å². The summed E-state index contributed by atoms with van der Waals surface area (Å²) in [6.45, 7) is 4.47. The molecule has 1 aliphatic rings. The summed E-state index contributed by atoms with van der Waals surface area (Å²) in [6, 6.07) is 13.5. The highest BCUT2D eigenvalue weighted by Crippen LogP contribution is 2.31. The average Bonchev–Trinajstić information content (AvgIpc) is 3.40. The first-order valence-corrected chi connectivity index (χ1v) is 14.1. The van der Waals surface area contributed by atoms with Crippen LogP contribution in [-0.4, -0.2) is 48.8 Å². The van der Waals surface area contributed by atoms with E-state index in [1.165, 1.54) is 6.07 Å². The standard InChI is InChI=1S/C25H27Cl2N3O5S/c1-16(2)13-34-20-6-3-17(4-7-20)22-12-24(30(29-22)19-9-10-36(32,33)15-19)28-25(31)14-35-23-8-5-18(26)11-21(23)27/h3-8,11-12,16,19H,9-10,13-15H2,1-2H3,(H,28,31)/t19-/m1/s1. The number of amides is 1. The number of hydrogen-bond acceptors (Lipinski definition) is 6. The second-order valence-electron chi connectivity index (χ2n) is 9.06. The molecule has 0 aliphatic carbocycles. The molecule has 11 heteroatoms. The van der Waals surface area contributed by atoms with Crippen LogP contribution in [0.1, 0.15) is 26.3 Å². The highest BCUT2D eigenvalue weighted by Gasteiger charge is 2.32. The predicted octanol–water partition coefficient (Wildman–Crippen LogP) is 5.27. The van der Waals surface area contributed by atoms with E-state index in [9.17, 15) is 13.2 Å². The van der Waals surface area contributed by atoms with E-state index in [-0.39, 0.29) is 24.2 Å². The average molecular weight is 552 g/mol. The molecule has 2 aromatic carbocycles. The lowest BCUT2D eigenvalue weighted by Gasteiger charge is -2.14. The molecule has 0 unspecified atom stereocenters. The molecule has 36 heavy (non-hydrogen) atoms. The fourth-order valence-electron chi connectivity index (χ4n) is 3.77. The van der Waals surface area contributed by atoms with Crippen LogP contribution in [0.4, 0.5) is 5.82 Å². The van der Waals surface area contributed by atoms with Gasteiger partial charge in [-0.15, -0.1) is 0 Å². The molecular formula is C25H27Cl2N3O5S. The van der Waals surface area contributed by atoms with Gasteiger partial charge in [-0.3, -0.25) is 4.79 Å². The summed E-state index contributed by atoms with van der Waals surface area (Å²) >= 11 is 12.0. The van der Waals surface area contributed by atoms with Crippen LogP contribution in [0.3, 0.4) is 0 Å². The van der Waals surface area contributed by atoms with Gasteiger partial charge in [-0.05, 0) is 54.8 Å². The molecule has 1 aliphatic heterocycles. The largest absolute Gasteiger partial charge is 0.493 e. The van der Waals surface area contributed by atoms with Crippen molar-refractivity contribution in [2.24, 2.45) is 5.92 Å². The van der Waals surface area contributed by atoms with E-state index in [0.717, 1.165) is 11.3 Å². The number of sulfone groups is 1. The first-order chi connectivity index (χ1) is 17.1. The predicted molar refractivity (Wildman–Crippen MR) is 141 cm³/mol. The van der Waals surface area contributed by atoms with Gasteiger partial charge < -0.3 is 14.8 Å². The molecule has 1 amide bonds. The molecule has 192 valence electrons. The van der Waals surface area contributed by atoms with E-state index in [4.69, 9.17) is 32.7 Å². The molecule has 1 fully saturated rings. The van der Waals surface area contributed by atoms with Crippen molar-refractivity contribution in [1.82, 2.24) is 9.78 Å². The Labute approximate surface area is 220 Å². The van der Waals surface area contributed by atoms with E-state index >= 15 is 0 Å². The molecule has 0 radical (unpaired) electrons. The van der Waals surface area contributed by atoms with E-state index in [2.05, 4.69) is 24.3 Å². The summed E-state index contributed by atoms with van der Waals surface area (Å²) in [6.07, 6.45) is 0.422. The Bertz CT molecular complexity index is 1340. The highest BCUT2D eigenvalue weighted by molar-refractivity contribution is 7.91. The van der Waals surface area contributed by atoms with Gasteiger partial charge >= 0.3 is 0 Å². The minimum absolute atomic E-state index is 0.0319. The van der Waals surface area contributed by atoms with Crippen molar-refractivity contribution in [2.45, 2.75) is 26.3 Å². The molecule has 0 bridgehead atoms. The van der Waals surface area contributed by atoms with E-state index in [1.807, 2.05) is 24.3 Å². The van der Waals surface area contributed by atoms with Gasteiger partial charge in [0.1, 0.15) is 17.3 Å². The van der Waals surface area contributed by atoms with E-state index < -0.39 is 15.7 Å². The van der Waals surface area contributed by atoms with E-state index in [0.29, 0.717) is 46.3 Å². The first kappa shape index (κ1) is 26.3. The second kappa shape index (κ2) is 11.1. The van der Waals surface area contributed by atoms with Crippen molar-refractivity contribution in [3.05, 3.63) is 58.6 Å². The number of benzene rings is 2. The Hall–Kier alpha value is -2.75. The number of nitrogens with zero attached hydrogens (tertiary/aromatic N) is 2. The Morgan fingerprint density at radius 2 is 1.89 bits per heavy atom. The second-order valence-corrected chi connectivity index (χ2v) is 12.1. The van der Waals surface area contributed by atoms with Gasteiger partial charge in [-0.25, -0.2) is 13.1 Å². The minimum atomic E-state index is -3.16. The summed E-state index contributed by atoms with van der Waals surface area (Å²) in [7, 11) is -3.16. The van der Waals surface area contributed by atoms with Gasteiger partial charge in [0.2, 0.25) is 0 Å². The molecule has 0 saturated carbocycles. The molecular weight excluding hydrogens is 525 g/mol. The minimum Gasteiger partial charge on any atom is -0.493 e. The van der Waals surface area contributed by atoms with Crippen LogP contribution in [-0.2, 0) is 14.6 Å². The number of carbonyl (C=O) groups excluding carboxylic acids is 1. The maximum absolute atomic E-state index is 12.7. The van der Waals surface area contributed by atoms with Crippen LogP contribution in [0.2, 0.25) is 10.0 Å². The zero-order chi connectivity index (χ0) is 25.9. The Morgan fingerprint density at radius 3 is 2.53 bits per heavy atom. The number of nitrogens with one attached hydrogen (secondary N) is 1. The lowest BCUT2D eigenvalue weighted by atomic mass is 10.1. The number of hydrogen-bond donors (Lipinski definition) is 1. The Kier molecular flexibility index (Phi) is 8.12. The van der Waals surface area contributed by atoms with Crippen LogP contribution in [0.15, 0.2) is 48.5 Å². The van der Waals surface area contributed by atoms with Gasteiger partial charge in [0.15, 0.2) is 16.4 Å². The summed E-state index contributed by atoms with van der Waals surface area (Å²) < 4.78 is 37.1. The number of anilines is 1. The topological polar surface area (TPSA) is 99.5 Å². The summed E-state index contributed by atoms with van der Waals surface area (Å²) in [5.74, 6) is 1.49. The molecule has 4 rings (SSSR count). The van der Waals surface area contributed by atoms with Crippen LogP contribution in [0, 0.1) is 5.92 Å². The number of halogens is 2. The maximum atomic E-state index is 12.7. The van der Waals surface area contributed by atoms with Crippen molar-refractivity contribution < 1.29 is 22.7 Å². The Balaban J connectivity index is 1.53. The van der Waals surface area contributed by atoms with Gasteiger partial charge in [-0.2, -0.15) is 5.10 Å². The fourth-order valence-corrected chi connectivity index (χ4v) is 5.93. The first-order valence-electron chi connectivity index (χ1n) is 11.5. The molecule has 1 saturated heterocycles. The lowest BCUT2D eigenvalue weighted by Crippen LogP contribution is -2.23. The van der Waals surface area contributed by atoms with Crippen molar-refractivity contribution in [2.75, 3.05) is 30.0 Å². The lowest BCUT2D eigenvalue weighted by molar-refractivity contribution is -0.118. The van der Waals surface area contributed by atoms with Crippen molar-refractivity contribution in [1.29, 1.82) is 0 Å². The Morgan fingerprint density at radius 1 is 1.14 bits per heavy atom. The van der Waals surface area contributed by atoms with Crippen molar-refractivity contribution in [3.63, 3.8) is 0 Å². The third-order valence-electron chi connectivity index (χ3n) is 5.54. The van der Waals surface area contributed by atoms with E-state index in [1.54, 1.807) is 22.9 Å². The number of carbonyl (C=O) groups is 1. The smallest absolute Gasteiger partial charge is 0.263 e. The summed E-state index contributed by atoms with van der Waals surface area (Å²) in [5.41, 5.74) is 1.41. The zero-order valence-corrected chi connectivity index (χ0v) is 22.2. The molecule has 0 spiro atoms. The third kappa shape index (κ3) is 6.72. The number of aromatic nitrogens is 2. The maximum Gasteiger partial charge on any atom is 0.263 e. The third-order valence-corrected chi connectivity index (χ3v) is 7.82. The zero-order valence-electron chi connectivity index (χ0n) is 19.9.